The van der Waals surface area contributed by atoms with E-state index in [1.165, 1.54) is 23.1 Å². The Labute approximate surface area is 141 Å². The van der Waals surface area contributed by atoms with Gasteiger partial charge in [-0.05, 0) is 6.92 Å². The van der Waals surface area contributed by atoms with E-state index in [4.69, 9.17) is 11.6 Å². The molecule has 7 nitrogen and oxygen atoms in total. The van der Waals surface area contributed by atoms with Crippen LogP contribution in [-0.4, -0.2) is 24.3 Å². The Morgan fingerprint density at radius 1 is 1.08 bits per heavy atom. The molecule has 8 heteroatoms. The lowest BCUT2D eigenvalue weighted by atomic mass is 10.1. The monoisotopic (exact) mass is 346 g/mol. The van der Waals surface area contributed by atoms with Crippen molar-refractivity contribution in [1.29, 1.82) is 0 Å². The van der Waals surface area contributed by atoms with Crippen LogP contribution < -0.4 is 11.4 Å². The van der Waals surface area contributed by atoms with E-state index in [1.807, 2.05) is 19.1 Å². The zero-order chi connectivity index (χ0) is 17.6. The fourth-order valence-corrected chi connectivity index (χ4v) is 2.76. The highest BCUT2D eigenvalue weighted by Crippen LogP contribution is 2.18. The van der Waals surface area contributed by atoms with Crippen LogP contribution in [0, 0.1) is 6.92 Å². The molecule has 0 saturated heterocycles. The average Bonchev–Trinajstić information content (AvgIpc) is 2.88. The van der Waals surface area contributed by atoms with Gasteiger partial charge in [0.05, 0.1) is 12.1 Å². The molecular formula is C16H15ClN4O3. The molecule has 3 rings (SSSR count). The topological polar surface area (TPSA) is 78.4 Å². The summed E-state index contributed by atoms with van der Waals surface area (Å²) in [4.78, 5) is 40.9. The molecule has 0 amide bonds. The number of aromatic nitrogens is 4. The molecule has 124 valence electrons. The largest absolute Gasteiger partial charge is 0.339 e. The second kappa shape index (κ2) is 5.76. The molecule has 2 aromatic heterocycles. The van der Waals surface area contributed by atoms with Gasteiger partial charge >= 0.3 is 11.4 Å². The number of hydrogen-bond donors (Lipinski definition) is 0. The molecule has 2 heterocycles. The van der Waals surface area contributed by atoms with Gasteiger partial charge in [0.15, 0.2) is 10.9 Å². The number of imidazole rings is 1. The van der Waals surface area contributed by atoms with Crippen molar-refractivity contribution >= 4 is 23.2 Å². The Morgan fingerprint density at radius 2 is 1.71 bits per heavy atom. The molecule has 0 aliphatic heterocycles. The van der Waals surface area contributed by atoms with Crippen molar-refractivity contribution in [2.75, 3.05) is 0 Å². The average molecular weight is 347 g/mol. The summed E-state index contributed by atoms with van der Waals surface area (Å²) in [6, 6.07) is 7.13. The first-order valence-electron chi connectivity index (χ1n) is 7.24. The van der Waals surface area contributed by atoms with Crippen molar-refractivity contribution in [3.63, 3.8) is 0 Å². The SMILES string of the molecule is Cc1ccc(C(=O)Cc2c(Cl)nc3n(C)c(=O)n(C)c(=O)n23)cc1. The summed E-state index contributed by atoms with van der Waals surface area (Å²) in [6.45, 7) is 1.93. The van der Waals surface area contributed by atoms with Gasteiger partial charge in [-0.1, -0.05) is 41.4 Å². The number of Topliss-reactive ketones (excluding diaryl/α,β-unsaturated/α-hetero) is 1. The van der Waals surface area contributed by atoms with Crippen LogP contribution in [0.1, 0.15) is 21.6 Å². The van der Waals surface area contributed by atoms with Crippen LogP contribution in [0.4, 0.5) is 0 Å². The first-order valence-corrected chi connectivity index (χ1v) is 7.61. The number of carbonyl (C=O) groups is 1. The van der Waals surface area contributed by atoms with Crippen molar-refractivity contribution in [3.05, 3.63) is 67.2 Å². The molecule has 0 unspecified atom stereocenters. The minimum atomic E-state index is -0.584. The van der Waals surface area contributed by atoms with E-state index < -0.39 is 11.4 Å². The van der Waals surface area contributed by atoms with Gasteiger partial charge in [0, 0.05) is 19.7 Å². The molecule has 0 atom stereocenters. The van der Waals surface area contributed by atoms with Crippen LogP contribution in [0.3, 0.4) is 0 Å². The van der Waals surface area contributed by atoms with Gasteiger partial charge in [-0.25, -0.2) is 18.6 Å². The molecule has 0 aliphatic carbocycles. The normalized spacial score (nSPS) is 11.2. The van der Waals surface area contributed by atoms with Crippen LogP contribution in [0.2, 0.25) is 5.15 Å². The summed E-state index contributed by atoms with van der Waals surface area (Å²) in [5, 5.41) is 0.0359. The number of ketones is 1. The fourth-order valence-electron chi connectivity index (χ4n) is 2.53. The first-order chi connectivity index (χ1) is 11.3. The van der Waals surface area contributed by atoms with Gasteiger partial charge in [-0.2, -0.15) is 4.98 Å². The van der Waals surface area contributed by atoms with Gasteiger partial charge in [0.2, 0.25) is 5.78 Å². The lowest BCUT2D eigenvalue weighted by molar-refractivity contribution is 0.0991. The van der Waals surface area contributed by atoms with Crippen LogP contribution in [0.15, 0.2) is 33.9 Å². The fraction of sp³-hybridized carbons (Fsp3) is 0.250. The third-order valence-corrected chi connectivity index (χ3v) is 4.26. The van der Waals surface area contributed by atoms with E-state index in [1.54, 1.807) is 12.1 Å². The smallest absolute Gasteiger partial charge is 0.294 e. The number of rotatable bonds is 3. The Kier molecular flexibility index (Phi) is 3.88. The van der Waals surface area contributed by atoms with Crippen LogP contribution in [0.25, 0.3) is 5.78 Å². The van der Waals surface area contributed by atoms with E-state index in [-0.39, 0.29) is 28.8 Å². The quantitative estimate of drug-likeness (QED) is 0.666. The first kappa shape index (κ1) is 16.2. The van der Waals surface area contributed by atoms with E-state index >= 15 is 0 Å². The van der Waals surface area contributed by atoms with Gasteiger partial charge in [-0.3, -0.25) is 9.36 Å². The maximum atomic E-state index is 12.5. The van der Waals surface area contributed by atoms with Crippen molar-refractivity contribution in [3.8, 4) is 0 Å². The number of aryl methyl sites for hydroxylation is 2. The van der Waals surface area contributed by atoms with Crippen molar-refractivity contribution in [2.24, 2.45) is 14.1 Å². The number of carbonyl (C=O) groups excluding carboxylic acids is 1. The Balaban J connectivity index is 2.15. The summed E-state index contributed by atoms with van der Waals surface area (Å²) >= 11 is 6.13. The highest BCUT2D eigenvalue weighted by molar-refractivity contribution is 6.30. The van der Waals surface area contributed by atoms with Gasteiger partial charge in [0.1, 0.15) is 0 Å². The predicted molar refractivity (Wildman–Crippen MR) is 89.9 cm³/mol. The van der Waals surface area contributed by atoms with Gasteiger partial charge in [-0.15, -0.1) is 0 Å². The molecule has 0 bridgehead atoms. The Bertz CT molecular complexity index is 1070. The summed E-state index contributed by atoms with van der Waals surface area (Å²) in [5.41, 5.74) is 0.745. The van der Waals surface area contributed by atoms with Crippen LogP contribution >= 0.6 is 11.6 Å². The minimum absolute atomic E-state index is 0.0359. The van der Waals surface area contributed by atoms with Crippen molar-refractivity contribution < 1.29 is 4.79 Å². The lowest BCUT2D eigenvalue weighted by Gasteiger charge is -2.06. The second-order valence-corrected chi connectivity index (χ2v) is 5.99. The summed E-state index contributed by atoms with van der Waals surface area (Å²) in [7, 11) is 2.86. The van der Waals surface area contributed by atoms with Crippen molar-refractivity contribution in [2.45, 2.75) is 13.3 Å². The lowest BCUT2D eigenvalue weighted by Crippen LogP contribution is -2.41. The van der Waals surface area contributed by atoms with Gasteiger partial charge < -0.3 is 0 Å². The molecule has 0 aliphatic rings. The molecule has 0 spiro atoms. The Morgan fingerprint density at radius 3 is 2.33 bits per heavy atom. The van der Waals surface area contributed by atoms with E-state index in [0.29, 0.717) is 5.56 Å². The summed E-state index contributed by atoms with van der Waals surface area (Å²) < 4.78 is 3.37. The summed E-state index contributed by atoms with van der Waals surface area (Å²) in [6.07, 6.45) is -0.0868. The molecule has 0 fully saturated rings. The molecule has 0 radical (unpaired) electrons. The molecular weight excluding hydrogens is 332 g/mol. The van der Waals surface area contributed by atoms with Crippen molar-refractivity contribution in [1.82, 2.24) is 18.5 Å². The third-order valence-electron chi connectivity index (χ3n) is 3.96. The van der Waals surface area contributed by atoms with Crippen LogP contribution in [-0.2, 0) is 20.5 Å². The standard InChI is InChI=1S/C16H15ClN4O3/c1-9-4-6-10(7-5-9)12(22)8-11-13(17)18-14-19(2)15(23)20(3)16(24)21(11)14/h4-7H,8H2,1-3H3. The maximum absolute atomic E-state index is 12.5. The number of hydrogen-bond acceptors (Lipinski definition) is 4. The van der Waals surface area contributed by atoms with E-state index in [2.05, 4.69) is 4.98 Å². The zero-order valence-corrected chi connectivity index (χ0v) is 14.2. The third kappa shape index (κ3) is 2.46. The molecule has 0 saturated carbocycles. The highest BCUT2D eigenvalue weighted by Gasteiger charge is 2.20. The predicted octanol–water partition coefficient (Wildman–Crippen LogP) is 1.12. The molecule has 0 N–H and O–H groups in total. The zero-order valence-electron chi connectivity index (χ0n) is 13.4. The highest BCUT2D eigenvalue weighted by atomic mass is 35.5. The summed E-state index contributed by atoms with van der Waals surface area (Å²) in [5.74, 6) is -0.0746. The number of benzene rings is 1. The maximum Gasteiger partial charge on any atom is 0.339 e. The molecule has 3 aromatic rings. The van der Waals surface area contributed by atoms with Gasteiger partial charge in [0.25, 0.3) is 0 Å². The minimum Gasteiger partial charge on any atom is -0.294 e. The second-order valence-electron chi connectivity index (χ2n) is 5.63. The molecule has 24 heavy (non-hydrogen) atoms. The number of fused-ring (bicyclic) bond motifs is 1. The molecule has 1 aromatic carbocycles. The van der Waals surface area contributed by atoms with E-state index in [9.17, 15) is 14.4 Å². The number of halogens is 1. The van der Waals surface area contributed by atoms with Crippen LogP contribution in [0.5, 0.6) is 0 Å². The Hall–Kier alpha value is -2.67. The van der Waals surface area contributed by atoms with E-state index in [0.717, 1.165) is 10.1 Å². The number of nitrogens with zero attached hydrogens (tertiary/aromatic N) is 4.